The zero-order chi connectivity index (χ0) is 8.93. The lowest BCUT2D eigenvalue weighted by molar-refractivity contribution is 0.666. The molecule has 0 aromatic heterocycles. The molecule has 2 heteroatoms. The van der Waals surface area contributed by atoms with Crippen molar-refractivity contribution in [1.82, 2.24) is 5.32 Å². The van der Waals surface area contributed by atoms with Crippen LogP contribution in [0.4, 0.5) is 0 Å². The standard InChI is InChI=1S/C11H15NS/c1-2-4-10(5-3-1)8-11-9-12-6-7-13-11/h1-5,11-12H,6-9H2/t11-/m1/s1. The molecule has 1 heterocycles. The Morgan fingerprint density at radius 3 is 2.85 bits per heavy atom. The van der Waals surface area contributed by atoms with Crippen LogP contribution in [-0.2, 0) is 6.42 Å². The van der Waals surface area contributed by atoms with Gasteiger partial charge in [0, 0.05) is 24.1 Å². The van der Waals surface area contributed by atoms with Crippen LogP contribution >= 0.6 is 11.8 Å². The van der Waals surface area contributed by atoms with Crippen LogP contribution in [0.15, 0.2) is 30.3 Å². The molecule has 1 N–H and O–H groups in total. The van der Waals surface area contributed by atoms with Gasteiger partial charge >= 0.3 is 0 Å². The number of benzene rings is 1. The van der Waals surface area contributed by atoms with Crippen molar-refractivity contribution in [1.29, 1.82) is 0 Å². The molecule has 1 aromatic rings. The van der Waals surface area contributed by atoms with E-state index in [2.05, 4.69) is 47.4 Å². The van der Waals surface area contributed by atoms with Gasteiger partial charge in [0.05, 0.1) is 0 Å². The summed E-state index contributed by atoms with van der Waals surface area (Å²) < 4.78 is 0. The van der Waals surface area contributed by atoms with E-state index in [-0.39, 0.29) is 0 Å². The third kappa shape index (κ3) is 2.75. The van der Waals surface area contributed by atoms with E-state index in [0.717, 1.165) is 5.25 Å². The average molecular weight is 193 g/mol. The van der Waals surface area contributed by atoms with Crippen LogP contribution in [0.25, 0.3) is 0 Å². The van der Waals surface area contributed by atoms with Crippen molar-refractivity contribution in [3.05, 3.63) is 35.9 Å². The van der Waals surface area contributed by atoms with Crippen LogP contribution < -0.4 is 5.32 Å². The van der Waals surface area contributed by atoms with Crippen LogP contribution in [0.3, 0.4) is 0 Å². The van der Waals surface area contributed by atoms with Crippen molar-refractivity contribution in [3.63, 3.8) is 0 Å². The van der Waals surface area contributed by atoms with Gasteiger partial charge in [0.25, 0.3) is 0 Å². The lowest BCUT2D eigenvalue weighted by atomic mass is 10.1. The quantitative estimate of drug-likeness (QED) is 0.770. The summed E-state index contributed by atoms with van der Waals surface area (Å²) in [7, 11) is 0. The van der Waals surface area contributed by atoms with Gasteiger partial charge in [0.1, 0.15) is 0 Å². The topological polar surface area (TPSA) is 12.0 Å². The van der Waals surface area contributed by atoms with E-state index in [0.29, 0.717) is 0 Å². The maximum Gasteiger partial charge on any atom is 0.0213 e. The van der Waals surface area contributed by atoms with E-state index in [1.165, 1.54) is 30.8 Å². The molecular weight excluding hydrogens is 178 g/mol. The number of thioether (sulfide) groups is 1. The molecule has 0 aliphatic carbocycles. The minimum atomic E-state index is 0.774. The molecule has 0 spiro atoms. The number of hydrogen-bond donors (Lipinski definition) is 1. The van der Waals surface area contributed by atoms with Gasteiger partial charge in [-0.1, -0.05) is 30.3 Å². The molecule has 1 nitrogen and oxygen atoms in total. The minimum Gasteiger partial charge on any atom is -0.315 e. The SMILES string of the molecule is c1ccc(C[C@@H]2CNCCS2)cc1. The molecule has 0 unspecified atom stereocenters. The molecule has 1 aliphatic rings. The summed E-state index contributed by atoms with van der Waals surface area (Å²) in [5.41, 5.74) is 1.46. The first-order valence-corrected chi connectivity index (χ1v) is 5.86. The Kier molecular flexibility index (Phi) is 3.27. The fraction of sp³-hybridized carbons (Fsp3) is 0.455. The highest BCUT2D eigenvalue weighted by atomic mass is 32.2. The Bertz CT molecular complexity index is 242. The molecule has 0 saturated carbocycles. The molecule has 1 saturated heterocycles. The lowest BCUT2D eigenvalue weighted by Gasteiger charge is -2.22. The highest BCUT2D eigenvalue weighted by molar-refractivity contribution is 8.00. The normalized spacial score (nSPS) is 22.9. The second kappa shape index (κ2) is 4.68. The predicted octanol–water partition coefficient (Wildman–Crippen LogP) is 1.93. The Hall–Kier alpha value is -0.470. The summed E-state index contributed by atoms with van der Waals surface area (Å²) in [4.78, 5) is 0. The molecule has 0 amide bonds. The van der Waals surface area contributed by atoms with Crippen LogP contribution in [0, 0.1) is 0 Å². The summed E-state index contributed by atoms with van der Waals surface area (Å²) in [6.07, 6.45) is 1.21. The third-order valence-corrected chi connectivity index (χ3v) is 3.56. The van der Waals surface area contributed by atoms with Crippen LogP contribution in [0.5, 0.6) is 0 Å². The molecule has 1 aliphatic heterocycles. The van der Waals surface area contributed by atoms with Crippen molar-refractivity contribution in [2.24, 2.45) is 0 Å². The van der Waals surface area contributed by atoms with Gasteiger partial charge in [-0.2, -0.15) is 11.8 Å². The highest BCUT2D eigenvalue weighted by Crippen LogP contribution is 2.17. The van der Waals surface area contributed by atoms with Gasteiger partial charge in [-0.15, -0.1) is 0 Å². The molecular formula is C11H15NS. The van der Waals surface area contributed by atoms with E-state index in [1.54, 1.807) is 0 Å². The van der Waals surface area contributed by atoms with Gasteiger partial charge in [-0.05, 0) is 12.0 Å². The van der Waals surface area contributed by atoms with Crippen molar-refractivity contribution in [3.8, 4) is 0 Å². The lowest BCUT2D eigenvalue weighted by Crippen LogP contribution is -2.33. The third-order valence-electron chi connectivity index (χ3n) is 2.31. The van der Waals surface area contributed by atoms with Gasteiger partial charge in [-0.25, -0.2) is 0 Å². The fourth-order valence-corrected chi connectivity index (χ4v) is 2.77. The minimum absolute atomic E-state index is 0.774. The Morgan fingerprint density at radius 2 is 2.15 bits per heavy atom. The van der Waals surface area contributed by atoms with Crippen LogP contribution in [0.1, 0.15) is 5.56 Å². The number of nitrogens with one attached hydrogen (secondary N) is 1. The van der Waals surface area contributed by atoms with Crippen molar-refractivity contribution in [2.75, 3.05) is 18.8 Å². The first kappa shape index (κ1) is 9.10. The van der Waals surface area contributed by atoms with E-state index >= 15 is 0 Å². The van der Waals surface area contributed by atoms with E-state index in [9.17, 15) is 0 Å². The first-order chi connectivity index (χ1) is 6.45. The second-order valence-electron chi connectivity index (χ2n) is 3.39. The Labute approximate surface area is 83.9 Å². The summed E-state index contributed by atoms with van der Waals surface area (Å²) in [6.45, 7) is 2.34. The van der Waals surface area contributed by atoms with Crippen LogP contribution in [-0.4, -0.2) is 24.1 Å². The first-order valence-electron chi connectivity index (χ1n) is 4.81. The monoisotopic (exact) mass is 193 g/mol. The Morgan fingerprint density at radius 1 is 1.31 bits per heavy atom. The summed E-state index contributed by atoms with van der Waals surface area (Å²) in [6, 6.07) is 10.8. The van der Waals surface area contributed by atoms with Crippen molar-refractivity contribution < 1.29 is 0 Å². The summed E-state index contributed by atoms with van der Waals surface area (Å²) in [5.74, 6) is 1.26. The zero-order valence-corrected chi connectivity index (χ0v) is 8.52. The molecule has 1 fully saturated rings. The predicted molar refractivity (Wildman–Crippen MR) is 59.3 cm³/mol. The zero-order valence-electron chi connectivity index (χ0n) is 7.70. The fourth-order valence-electron chi connectivity index (χ4n) is 1.63. The molecule has 0 bridgehead atoms. The highest BCUT2D eigenvalue weighted by Gasteiger charge is 2.13. The van der Waals surface area contributed by atoms with Gasteiger partial charge in [0.15, 0.2) is 0 Å². The molecule has 13 heavy (non-hydrogen) atoms. The number of rotatable bonds is 2. The Balaban J connectivity index is 1.90. The molecule has 1 atom stereocenters. The van der Waals surface area contributed by atoms with Gasteiger partial charge in [-0.3, -0.25) is 0 Å². The van der Waals surface area contributed by atoms with Crippen molar-refractivity contribution >= 4 is 11.8 Å². The van der Waals surface area contributed by atoms with E-state index in [1.807, 2.05) is 0 Å². The van der Waals surface area contributed by atoms with E-state index < -0.39 is 0 Å². The maximum atomic E-state index is 3.43. The van der Waals surface area contributed by atoms with Crippen molar-refractivity contribution in [2.45, 2.75) is 11.7 Å². The largest absolute Gasteiger partial charge is 0.315 e. The summed E-state index contributed by atoms with van der Waals surface area (Å²) >= 11 is 2.10. The summed E-state index contributed by atoms with van der Waals surface area (Å²) in [5, 5.41) is 4.21. The molecule has 0 radical (unpaired) electrons. The maximum absolute atomic E-state index is 3.43. The second-order valence-corrected chi connectivity index (χ2v) is 4.79. The van der Waals surface area contributed by atoms with E-state index in [4.69, 9.17) is 0 Å². The van der Waals surface area contributed by atoms with Gasteiger partial charge < -0.3 is 5.32 Å². The molecule has 2 rings (SSSR count). The number of hydrogen-bond acceptors (Lipinski definition) is 2. The smallest absolute Gasteiger partial charge is 0.0213 e. The average Bonchev–Trinajstić information content (AvgIpc) is 2.21. The molecule has 1 aromatic carbocycles. The van der Waals surface area contributed by atoms with Gasteiger partial charge in [0.2, 0.25) is 0 Å². The van der Waals surface area contributed by atoms with Crippen LogP contribution in [0.2, 0.25) is 0 Å². The molecule has 70 valence electrons.